The van der Waals surface area contributed by atoms with Crippen LogP contribution in [0, 0.1) is 0 Å². The average Bonchev–Trinajstić information content (AvgIpc) is 2.66. The van der Waals surface area contributed by atoms with E-state index in [-0.39, 0.29) is 4.90 Å². The van der Waals surface area contributed by atoms with E-state index in [0.29, 0.717) is 18.9 Å². The Labute approximate surface area is 154 Å². The molecular formula is C18H24N4O3S. The SMILES string of the molecule is CNS(=O)(=O)c1ccc(NCC(O)CN2CCc3ccccc3C2)nc1. The smallest absolute Gasteiger partial charge is 0.241 e. The predicted octanol–water partition coefficient (Wildman–Crippen LogP) is 0.821. The van der Waals surface area contributed by atoms with Crippen LogP contribution in [0.4, 0.5) is 5.82 Å². The first kappa shape index (κ1) is 18.8. The summed E-state index contributed by atoms with van der Waals surface area (Å²) in [4.78, 5) is 6.44. The first-order valence-corrected chi connectivity index (χ1v) is 10.1. The van der Waals surface area contributed by atoms with Crippen LogP contribution in [0.5, 0.6) is 0 Å². The van der Waals surface area contributed by atoms with Crippen LogP contribution < -0.4 is 10.0 Å². The van der Waals surface area contributed by atoms with Crippen molar-refractivity contribution in [3.8, 4) is 0 Å². The lowest BCUT2D eigenvalue weighted by atomic mass is 10.00. The first-order chi connectivity index (χ1) is 12.5. The quantitative estimate of drug-likeness (QED) is 0.662. The summed E-state index contributed by atoms with van der Waals surface area (Å²) in [5.74, 6) is 0.531. The third kappa shape index (κ3) is 4.59. The van der Waals surface area contributed by atoms with Crippen molar-refractivity contribution < 1.29 is 13.5 Å². The first-order valence-electron chi connectivity index (χ1n) is 8.58. The molecule has 26 heavy (non-hydrogen) atoms. The maximum Gasteiger partial charge on any atom is 0.241 e. The lowest BCUT2D eigenvalue weighted by Crippen LogP contribution is -2.39. The van der Waals surface area contributed by atoms with E-state index in [0.717, 1.165) is 19.5 Å². The molecule has 0 saturated carbocycles. The molecule has 0 saturated heterocycles. The van der Waals surface area contributed by atoms with Gasteiger partial charge >= 0.3 is 0 Å². The zero-order chi connectivity index (χ0) is 18.6. The van der Waals surface area contributed by atoms with Crippen molar-refractivity contribution in [2.45, 2.75) is 24.0 Å². The Kier molecular flexibility index (Phi) is 5.87. The van der Waals surface area contributed by atoms with E-state index in [1.54, 1.807) is 6.07 Å². The molecule has 1 aromatic carbocycles. The number of nitrogens with one attached hydrogen (secondary N) is 2. The molecule has 1 aliphatic heterocycles. The highest BCUT2D eigenvalue weighted by atomic mass is 32.2. The number of nitrogens with zero attached hydrogens (tertiary/aromatic N) is 2. The van der Waals surface area contributed by atoms with Crippen molar-refractivity contribution in [3.05, 3.63) is 53.7 Å². The number of aliphatic hydroxyl groups excluding tert-OH is 1. The van der Waals surface area contributed by atoms with Gasteiger partial charge in [-0.3, -0.25) is 4.90 Å². The van der Waals surface area contributed by atoms with E-state index in [1.807, 2.05) is 6.07 Å². The van der Waals surface area contributed by atoms with E-state index in [4.69, 9.17) is 0 Å². The predicted molar refractivity (Wildman–Crippen MR) is 100 cm³/mol. The molecule has 3 N–H and O–H groups in total. The second-order valence-electron chi connectivity index (χ2n) is 6.38. The van der Waals surface area contributed by atoms with Gasteiger partial charge in [0.15, 0.2) is 0 Å². The van der Waals surface area contributed by atoms with Gasteiger partial charge in [0.05, 0.1) is 6.10 Å². The second-order valence-corrected chi connectivity index (χ2v) is 8.26. The minimum absolute atomic E-state index is 0.109. The molecule has 8 heteroatoms. The summed E-state index contributed by atoms with van der Waals surface area (Å²) in [5, 5.41) is 13.3. The third-order valence-corrected chi connectivity index (χ3v) is 5.91. The van der Waals surface area contributed by atoms with Gasteiger partial charge in [-0.25, -0.2) is 18.1 Å². The summed E-state index contributed by atoms with van der Waals surface area (Å²) in [5.41, 5.74) is 2.71. The minimum Gasteiger partial charge on any atom is -0.390 e. The van der Waals surface area contributed by atoms with Crippen molar-refractivity contribution >= 4 is 15.8 Å². The van der Waals surface area contributed by atoms with Crippen LogP contribution in [0.25, 0.3) is 0 Å². The highest BCUT2D eigenvalue weighted by Gasteiger charge is 2.18. The van der Waals surface area contributed by atoms with Crippen molar-refractivity contribution in [2.24, 2.45) is 0 Å². The van der Waals surface area contributed by atoms with Gasteiger partial charge in [-0.2, -0.15) is 0 Å². The molecule has 140 valence electrons. The van der Waals surface area contributed by atoms with E-state index in [1.165, 1.54) is 30.4 Å². The number of anilines is 1. The summed E-state index contributed by atoms with van der Waals surface area (Å²) < 4.78 is 25.6. The van der Waals surface area contributed by atoms with Crippen molar-refractivity contribution in [2.75, 3.05) is 32.0 Å². The van der Waals surface area contributed by atoms with Crippen molar-refractivity contribution in [1.82, 2.24) is 14.6 Å². The lowest BCUT2D eigenvalue weighted by molar-refractivity contribution is 0.114. The molecule has 0 bridgehead atoms. The number of aromatic nitrogens is 1. The Morgan fingerprint density at radius 1 is 1.23 bits per heavy atom. The topological polar surface area (TPSA) is 94.6 Å². The molecule has 1 unspecified atom stereocenters. The fraction of sp³-hybridized carbons (Fsp3) is 0.389. The Morgan fingerprint density at radius 3 is 2.69 bits per heavy atom. The van der Waals surface area contributed by atoms with Crippen LogP contribution >= 0.6 is 0 Å². The Balaban J connectivity index is 1.49. The van der Waals surface area contributed by atoms with E-state index < -0.39 is 16.1 Å². The highest BCUT2D eigenvalue weighted by molar-refractivity contribution is 7.89. The highest BCUT2D eigenvalue weighted by Crippen LogP contribution is 2.18. The van der Waals surface area contributed by atoms with Crippen LogP contribution in [-0.4, -0.2) is 56.2 Å². The maximum atomic E-state index is 11.7. The molecule has 7 nitrogen and oxygen atoms in total. The van der Waals surface area contributed by atoms with E-state index >= 15 is 0 Å². The van der Waals surface area contributed by atoms with Crippen LogP contribution in [0.3, 0.4) is 0 Å². The van der Waals surface area contributed by atoms with Gasteiger partial charge in [-0.1, -0.05) is 24.3 Å². The number of benzene rings is 1. The van der Waals surface area contributed by atoms with E-state index in [2.05, 4.69) is 38.1 Å². The summed E-state index contributed by atoms with van der Waals surface area (Å²) in [6.45, 7) is 2.71. The zero-order valence-electron chi connectivity index (χ0n) is 14.7. The molecule has 0 radical (unpaired) electrons. The summed E-state index contributed by atoms with van der Waals surface area (Å²) in [6.07, 6.45) is 1.75. The number of sulfonamides is 1. The van der Waals surface area contributed by atoms with E-state index in [9.17, 15) is 13.5 Å². The monoisotopic (exact) mass is 376 g/mol. The molecule has 2 aromatic rings. The number of rotatable bonds is 7. The normalized spacial score (nSPS) is 16.1. The number of hydrogen-bond donors (Lipinski definition) is 3. The number of fused-ring (bicyclic) bond motifs is 1. The Hall–Kier alpha value is -2.00. The standard InChI is InChI=1S/C18H24N4O3S/c1-19-26(24,25)17-6-7-18(21-11-17)20-10-16(23)13-22-9-8-14-4-2-3-5-15(14)12-22/h2-7,11,16,19,23H,8-10,12-13H2,1H3,(H,20,21). The van der Waals surface area contributed by atoms with Crippen LogP contribution in [0.15, 0.2) is 47.5 Å². The molecule has 1 aromatic heterocycles. The lowest BCUT2D eigenvalue weighted by Gasteiger charge is -2.30. The van der Waals surface area contributed by atoms with Gasteiger partial charge in [0.1, 0.15) is 10.7 Å². The summed E-state index contributed by atoms with van der Waals surface area (Å²) in [7, 11) is -2.13. The summed E-state index contributed by atoms with van der Waals surface area (Å²) >= 11 is 0. The molecule has 3 rings (SSSR count). The molecule has 2 heterocycles. The number of β-amino-alcohol motifs (C(OH)–C–C–N with tert-alkyl or cyclic N) is 1. The van der Waals surface area contributed by atoms with Gasteiger partial charge in [-0.15, -0.1) is 0 Å². The Bertz CT molecular complexity index is 840. The molecule has 0 spiro atoms. The average molecular weight is 376 g/mol. The number of pyridine rings is 1. The molecule has 1 aliphatic rings. The molecule has 0 aliphatic carbocycles. The van der Waals surface area contributed by atoms with Crippen molar-refractivity contribution in [1.29, 1.82) is 0 Å². The van der Waals surface area contributed by atoms with Crippen LogP contribution in [0.1, 0.15) is 11.1 Å². The van der Waals surface area contributed by atoms with Gasteiger partial charge in [-0.05, 0) is 36.7 Å². The molecular weight excluding hydrogens is 352 g/mol. The summed E-state index contributed by atoms with van der Waals surface area (Å²) in [6, 6.07) is 11.5. The van der Waals surface area contributed by atoms with Gasteiger partial charge in [0, 0.05) is 32.4 Å². The molecule has 0 fully saturated rings. The molecule has 1 atom stereocenters. The van der Waals surface area contributed by atoms with Crippen molar-refractivity contribution in [3.63, 3.8) is 0 Å². The van der Waals surface area contributed by atoms with Crippen LogP contribution in [-0.2, 0) is 23.0 Å². The number of hydrogen-bond acceptors (Lipinski definition) is 6. The number of aliphatic hydroxyl groups is 1. The largest absolute Gasteiger partial charge is 0.390 e. The van der Waals surface area contributed by atoms with Gasteiger partial charge in [0.25, 0.3) is 0 Å². The van der Waals surface area contributed by atoms with Crippen LogP contribution in [0.2, 0.25) is 0 Å². The fourth-order valence-corrected chi connectivity index (χ4v) is 3.73. The zero-order valence-corrected chi connectivity index (χ0v) is 15.5. The third-order valence-electron chi connectivity index (χ3n) is 4.51. The molecule has 0 amide bonds. The fourth-order valence-electron chi connectivity index (χ4n) is 3.06. The van der Waals surface area contributed by atoms with Gasteiger partial charge in [0.2, 0.25) is 10.0 Å². The van der Waals surface area contributed by atoms with Gasteiger partial charge < -0.3 is 10.4 Å². The Morgan fingerprint density at radius 2 is 2.00 bits per heavy atom. The minimum atomic E-state index is -3.49. The maximum absolute atomic E-state index is 11.7. The second kappa shape index (κ2) is 8.13.